The Hall–Kier alpha value is -1.47. The molecule has 1 aliphatic carbocycles. The Kier molecular flexibility index (Phi) is 9.74. The SMILES string of the molecule is CC(C(=O)NC1CCCCC1)N(Cc1ccc(Cl)cc1Cl)C(=O)COc1ccc(Cl)cc1Br. The van der Waals surface area contributed by atoms with Gasteiger partial charge in [0.25, 0.3) is 5.91 Å². The summed E-state index contributed by atoms with van der Waals surface area (Å²) >= 11 is 21.7. The summed E-state index contributed by atoms with van der Waals surface area (Å²) in [6.07, 6.45) is 5.32. The fraction of sp³-hybridized carbons (Fsp3) is 0.417. The van der Waals surface area contributed by atoms with Gasteiger partial charge in [0.1, 0.15) is 11.8 Å². The molecule has 0 spiro atoms. The molecule has 0 aromatic heterocycles. The van der Waals surface area contributed by atoms with E-state index in [0.717, 1.165) is 25.7 Å². The van der Waals surface area contributed by atoms with Gasteiger partial charge in [-0.2, -0.15) is 0 Å². The van der Waals surface area contributed by atoms with E-state index in [9.17, 15) is 9.59 Å². The quantitative estimate of drug-likeness (QED) is 0.383. The number of carbonyl (C=O) groups is 2. The van der Waals surface area contributed by atoms with Gasteiger partial charge in [-0.15, -0.1) is 0 Å². The van der Waals surface area contributed by atoms with Crippen LogP contribution in [0.25, 0.3) is 0 Å². The highest BCUT2D eigenvalue weighted by atomic mass is 79.9. The van der Waals surface area contributed by atoms with Gasteiger partial charge in [0.15, 0.2) is 6.61 Å². The van der Waals surface area contributed by atoms with Crippen LogP contribution in [0.4, 0.5) is 0 Å². The van der Waals surface area contributed by atoms with E-state index in [1.807, 2.05) is 0 Å². The molecule has 0 radical (unpaired) electrons. The predicted molar refractivity (Wildman–Crippen MR) is 136 cm³/mol. The van der Waals surface area contributed by atoms with E-state index >= 15 is 0 Å². The number of benzene rings is 2. The van der Waals surface area contributed by atoms with Crippen molar-refractivity contribution in [3.63, 3.8) is 0 Å². The van der Waals surface area contributed by atoms with E-state index < -0.39 is 6.04 Å². The fourth-order valence-electron chi connectivity index (χ4n) is 3.80. The van der Waals surface area contributed by atoms with E-state index in [1.165, 1.54) is 11.3 Å². The number of rotatable bonds is 8. The second kappa shape index (κ2) is 12.3. The van der Waals surface area contributed by atoms with Crippen LogP contribution in [-0.2, 0) is 16.1 Å². The number of amides is 2. The summed E-state index contributed by atoms with van der Waals surface area (Å²) in [6.45, 7) is 1.63. The number of halogens is 4. The van der Waals surface area contributed by atoms with Gasteiger partial charge in [-0.3, -0.25) is 9.59 Å². The Bertz CT molecular complexity index is 999. The highest BCUT2D eigenvalue weighted by Gasteiger charge is 2.29. The van der Waals surface area contributed by atoms with Gasteiger partial charge in [0, 0.05) is 27.7 Å². The molecule has 3 rings (SSSR count). The van der Waals surface area contributed by atoms with E-state index in [2.05, 4.69) is 21.2 Å². The van der Waals surface area contributed by atoms with Crippen LogP contribution in [0.15, 0.2) is 40.9 Å². The van der Waals surface area contributed by atoms with E-state index in [0.29, 0.717) is 30.9 Å². The fourth-order valence-corrected chi connectivity index (χ4v) is 5.06. The van der Waals surface area contributed by atoms with Gasteiger partial charge in [-0.25, -0.2) is 0 Å². The molecule has 1 aliphatic rings. The van der Waals surface area contributed by atoms with Crippen molar-refractivity contribution < 1.29 is 14.3 Å². The Morgan fingerprint density at radius 3 is 2.42 bits per heavy atom. The second-order valence-corrected chi connectivity index (χ2v) is 10.3. The molecule has 2 aromatic carbocycles. The molecule has 0 saturated heterocycles. The number of ether oxygens (including phenoxy) is 1. The van der Waals surface area contributed by atoms with Crippen LogP contribution < -0.4 is 10.1 Å². The molecule has 1 atom stereocenters. The zero-order valence-corrected chi connectivity index (χ0v) is 22.1. The summed E-state index contributed by atoms with van der Waals surface area (Å²) in [5.41, 5.74) is 0.694. The van der Waals surface area contributed by atoms with Crippen molar-refractivity contribution in [2.45, 2.75) is 57.7 Å². The molecule has 1 saturated carbocycles. The first-order valence-corrected chi connectivity index (χ1v) is 12.8. The lowest BCUT2D eigenvalue weighted by atomic mass is 9.95. The van der Waals surface area contributed by atoms with Crippen LogP contribution in [0.2, 0.25) is 15.1 Å². The Balaban J connectivity index is 1.75. The molecule has 0 aliphatic heterocycles. The van der Waals surface area contributed by atoms with Gasteiger partial charge in [-0.1, -0.05) is 60.1 Å². The topological polar surface area (TPSA) is 58.6 Å². The first-order chi connectivity index (χ1) is 15.7. The summed E-state index contributed by atoms with van der Waals surface area (Å²) in [5, 5.41) is 4.58. The van der Waals surface area contributed by atoms with Crippen molar-refractivity contribution in [3.8, 4) is 5.75 Å². The summed E-state index contributed by atoms with van der Waals surface area (Å²) in [7, 11) is 0. The Morgan fingerprint density at radius 2 is 1.76 bits per heavy atom. The lowest BCUT2D eigenvalue weighted by Gasteiger charge is -2.31. The molecule has 1 fully saturated rings. The van der Waals surface area contributed by atoms with Crippen LogP contribution in [0.1, 0.15) is 44.6 Å². The van der Waals surface area contributed by atoms with Crippen LogP contribution in [0.3, 0.4) is 0 Å². The molecule has 0 heterocycles. The van der Waals surface area contributed by atoms with Crippen molar-refractivity contribution in [2.75, 3.05) is 6.61 Å². The van der Waals surface area contributed by atoms with Gasteiger partial charge in [0.2, 0.25) is 5.91 Å². The third kappa shape index (κ3) is 7.51. The molecule has 2 aromatic rings. The summed E-state index contributed by atoms with van der Waals surface area (Å²) in [4.78, 5) is 27.7. The van der Waals surface area contributed by atoms with Crippen LogP contribution in [-0.4, -0.2) is 35.4 Å². The lowest BCUT2D eigenvalue weighted by Crippen LogP contribution is -2.51. The van der Waals surface area contributed by atoms with Crippen molar-refractivity contribution in [2.24, 2.45) is 0 Å². The van der Waals surface area contributed by atoms with Crippen LogP contribution >= 0.6 is 50.7 Å². The highest BCUT2D eigenvalue weighted by molar-refractivity contribution is 9.10. The number of carbonyl (C=O) groups excluding carboxylic acids is 2. The maximum atomic E-state index is 13.2. The zero-order chi connectivity index (χ0) is 24.0. The molecule has 1 N–H and O–H groups in total. The monoisotopic (exact) mass is 574 g/mol. The van der Waals surface area contributed by atoms with Crippen molar-refractivity contribution >= 4 is 62.5 Å². The Labute approximate surface area is 217 Å². The minimum Gasteiger partial charge on any atom is -0.483 e. The molecular formula is C24H26BrCl3N2O3. The predicted octanol–water partition coefficient (Wildman–Crippen LogP) is 6.65. The third-order valence-corrected chi connectivity index (χ3v) is 7.16. The minimum absolute atomic E-state index is 0.144. The second-order valence-electron chi connectivity index (χ2n) is 8.14. The first-order valence-electron chi connectivity index (χ1n) is 10.9. The maximum absolute atomic E-state index is 13.2. The summed E-state index contributed by atoms with van der Waals surface area (Å²) < 4.78 is 6.36. The molecule has 1 unspecified atom stereocenters. The normalized spacial score (nSPS) is 15.1. The number of hydrogen-bond donors (Lipinski definition) is 1. The zero-order valence-electron chi connectivity index (χ0n) is 18.3. The molecule has 33 heavy (non-hydrogen) atoms. The largest absolute Gasteiger partial charge is 0.483 e. The van der Waals surface area contributed by atoms with Crippen molar-refractivity contribution in [3.05, 3.63) is 61.5 Å². The molecule has 9 heteroatoms. The van der Waals surface area contributed by atoms with Gasteiger partial charge < -0.3 is 15.0 Å². The number of hydrogen-bond acceptors (Lipinski definition) is 3. The number of nitrogens with one attached hydrogen (secondary N) is 1. The van der Waals surface area contributed by atoms with E-state index in [4.69, 9.17) is 39.5 Å². The molecule has 5 nitrogen and oxygen atoms in total. The standard InChI is InChI=1S/C24H26BrCl3N2O3/c1-15(24(32)29-19-5-3-2-4-6-19)30(13-16-7-8-18(27)12-21(16)28)23(31)14-33-22-10-9-17(26)11-20(22)25/h7-12,15,19H,2-6,13-14H2,1H3,(H,29,32). The Morgan fingerprint density at radius 1 is 1.09 bits per heavy atom. The molecule has 178 valence electrons. The van der Waals surface area contributed by atoms with E-state index in [1.54, 1.807) is 43.3 Å². The third-order valence-electron chi connectivity index (χ3n) is 5.72. The molecule has 0 bridgehead atoms. The summed E-state index contributed by atoms with van der Waals surface area (Å²) in [6, 6.07) is 9.57. The average molecular weight is 577 g/mol. The molecular weight excluding hydrogens is 551 g/mol. The minimum atomic E-state index is -0.705. The number of nitrogens with zero attached hydrogens (tertiary/aromatic N) is 1. The van der Waals surface area contributed by atoms with Crippen LogP contribution in [0.5, 0.6) is 5.75 Å². The van der Waals surface area contributed by atoms with Gasteiger partial charge >= 0.3 is 0 Å². The van der Waals surface area contributed by atoms with Crippen molar-refractivity contribution in [1.82, 2.24) is 10.2 Å². The van der Waals surface area contributed by atoms with Crippen molar-refractivity contribution in [1.29, 1.82) is 0 Å². The maximum Gasteiger partial charge on any atom is 0.261 e. The van der Waals surface area contributed by atoms with Gasteiger partial charge in [-0.05, 0) is 71.6 Å². The van der Waals surface area contributed by atoms with E-state index in [-0.39, 0.29) is 31.0 Å². The van der Waals surface area contributed by atoms with Crippen LogP contribution in [0, 0.1) is 0 Å². The lowest BCUT2D eigenvalue weighted by molar-refractivity contribution is -0.142. The first kappa shape index (κ1) is 26.1. The van der Waals surface area contributed by atoms with Gasteiger partial charge in [0.05, 0.1) is 4.47 Å². The molecule has 2 amide bonds. The summed E-state index contributed by atoms with van der Waals surface area (Å²) in [5.74, 6) is -0.0429. The average Bonchev–Trinajstić information content (AvgIpc) is 2.78. The highest BCUT2D eigenvalue weighted by Crippen LogP contribution is 2.28. The smallest absolute Gasteiger partial charge is 0.261 e.